The Balaban J connectivity index is 1.88. The average molecular weight is 269 g/mol. The summed E-state index contributed by atoms with van der Waals surface area (Å²) in [4.78, 5) is 0. The molecule has 0 saturated heterocycles. The Bertz CT molecular complexity index is 744. The SMILES string of the molecule is Cn1cc(COc2ccc(O)cc2)c2cccc(O)c21. The van der Waals surface area contributed by atoms with E-state index in [2.05, 4.69) is 0 Å². The van der Waals surface area contributed by atoms with Crippen molar-refractivity contribution in [3.8, 4) is 17.2 Å². The van der Waals surface area contributed by atoms with Crippen LogP contribution in [0.15, 0.2) is 48.7 Å². The maximum absolute atomic E-state index is 9.89. The highest BCUT2D eigenvalue weighted by Crippen LogP contribution is 2.29. The minimum atomic E-state index is 0.215. The normalized spacial score (nSPS) is 10.8. The second kappa shape index (κ2) is 4.81. The molecule has 3 rings (SSSR count). The van der Waals surface area contributed by atoms with Crippen molar-refractivity contribution in [2.24, 2.45) is 7.05 Å². The van der Waals surface area contributed by atoms with Crippen LogP contribution in [0.4, 0.5) is 0 Å². The van der Waals surface area contributed by atoms with Crippen molar-refractivity contribution in [1.82, 2.24) is 4.57 Å². The van der Waals surface area contributed by atoms with E-state index in [0.717, 1.165) is 16.5 Å². The van der Waals surface area contributed by atoms with E-state index in [0.29, 0.717) is 12.4 Å². The molecular weight excluding hydrogens is 254 g/mol. The van der Waals surface area contributed by atoms with Crippen LogP contribution in [0.3, 0.4) is 0 Å². The minimum Gasteiger partial charge on any atom is -0.508 e. The molecule has 0 bridgehead atoms. The Morgan fingerprint density at radius 1 is 1.05 bits per heavy atom. The highest BCUT2D eigenvalue weighted by atomic mass is 16.5. The van der Waals surface area contributed by atoms with Gasteiger partial charge < -0.3 is 19.5 Å². The number of aryl methyl sites for hydroxylation is 1. The van der Waals surface area contributed by atoms with Crippen molar-refractivity contribution >= 4 is 10.9 Å². The van der Waals surface area contributed by atoms with Crippen LogP contribution < -0.4 is 4.74 Å². The number of aromatic hydroxyl groups is 2. The van der Waals surface area contributed by atoms with Crippen molar-refractivity contribution in [3.05, 3.63) is 54.2 Å². The van der Waals surface area contributed by atoms with Gasteiger partial charge in [-0.2, -0.15) is 0 Å². The molecule has 0 amide bonds. The highest BCUT2D eigenvalue weighted by molar-refractivity contribution is 5.88. The lowest BCUT2D eigenvalue weighted by atomic mass is 10.2. The molecule has 4 nitrogen and oxygen atoms in total. The van der Waals surface area contributed by atoms with E-state index < -0.39 is 0 Å². The van der Waals surface area contributed by atoms with E-state index in [4.69, 9.17) is 4.74 Å². The smallest absolute Gasteiger partial charge is 0.139 e. The van der Waals surface area contributed by atoms with Crippen LogP contribution in [-0.2, 0) is 13.7 Å². The van der Waals surface area contributed by atoms with E-state index in [1.807, 2.05) is 29.9 Å². The number of rotatable bonds is 3. The molecule has 2 aromatic carbocycles. The summed E-state index contributed by atoms with van der Waals surface area (Å²) in [7, 11) is 1.89. The van der Waals surface area contributed by atoms with Crippen LogP contribution in [0.1, 0.15) is 5.56 Å². The maximum Gasteiger partial charge on any atom is 0.139 e. The number of benzene rings is 2. The first-order valence-electron chi connectivity index (χ1n) is 6.33. The summed E-state index contributed by atoms with van der Waals surface area (Å²) in [5, 5.41) is 20.1. The van der Waals surface area contributed by atoms with Crippen LogP contribution in [0.2, 0.25) is 0 Å². The van der Waals surface area contributed by atoms with E-state index in [-0.39, 0.29) is 11.5 Å². The zero-order chi connectivity index (χ0) is 14.1. The fraction of sp³-hybridized carbons (Fsp3) is 0.125. The number of hydrogen-bond acceptors (Lipinski definition) is 3. The summed E-state index contributed by atoms with van der Waals surface area (Å²) in [6.07, 6.45) is 1.95. The maximum atomic E-state index is 9.89. The van der Waals surface area contributed by atoms with E-state index in [1.54, 1.807) is 30.3 Å². The van der Waals surface area contributed by atoms with Crippen molar-refractivity contribution in [2.75, 3.05) is 0 Å². The molecule has 4 heteroatoms. The standard InChI is InChI=1S/C16H15NO3/c1-17-9-11(14-3-2-4-15(19)16(14)17)10-20-13-7-5-12(18)6-8-13/h2-9,18-19H,10H2,1H3. The number of phenolic OH excluding ortho intramolecular Hbond substituents is 2. The lowest BCUT2D eigenvalue weighted by Crippen LogP contribution is -1.94. The first-order chi connectivity index (χ1) is 9.65. The van der Waals surface area contributed by atoms with Gasteiger partial charge in [-0.05, 0) is 30.3 Å². The molecule has 0 aliphatic heterocycles. The van der Waals surface area contributed by atoms with Gasteiger partial charge >= 0.3 is 0 Å². The van der Waals surface area contributed by atoms with Crippen LogP contribution in [0.25, 0.3) is 10.9 Å². The number of nitrogens with zero attached hydrogens (tertiary/aromatic N) is 1. The van der Waals surface area contributed by atoms with Gasteiger partial charge in [0.2, 0.25) is 0 Å². The number of para-hydroxylation sites is 1. The number of fused-ring (bicyclic) bond motifs is 1. The first-order valence-corrected chi connectivity index (χ1v) is 6.33. The summed E-state index contributed by atoms with van der Waals surface area (Å²) >= 11 is 0. The molecule has 0 aliphatic rings. The molecule has 3 aromatic rings. The van der Waals surface area contributed by atoms with Crippen LogP contribution in [0, 0.1) is 0 Å². The average Bonchev–Trinajstić information content (AvgIpc) is 2.76. The lowest BCUT2D eigenvalue weighted by molar-refractivity contribution is 0.307. The zero-order valence-electron chi connectivity index (χ0n) is 11.1. The summed E-state index contributed by atoms with van der Waals surface area (Å²) in [5.41, 5.74) is 1.81. The quantitative estimate of drug-likeness (QED) is 0.768. The molecule has 102 valence electrons. The molecule has 20 heavy (non-hydrogen) atoms. The monoisotopic (exact) mass is 269 g/mol. The Morgan fingerprint density at radius 2 is 1.80 bits per heavy atom. The Morgan fingerprint density at radius 3 is 2.55 bits per heavy atom. The third kappa shape index (κ3) is 2.16. The Hall–Kier alpha value is -2.62. The molecule has 1 aromatic heterocycles. The molecule has 0 saturated carbocycles. The number of phenols is 2. The summed E-state index contributed by atoms with van der Waals surface area (Å²) < 4.78 is 7.59. The van der Waals surface area contributed by atoms with Crippen LogP contribution >= 0.6 is 0 Å². The topological polar surface area (TPSA) is 54.6 Å². The molecule has 2 N–H and O–H groups in total. The first kappa shape index (κ1) is 12.4. The number of ether oxygens (including phenoxy) is 1. The van der Waals surface area contributed by atoms with Crippen LogP contribution in [-0.4, -0.2) is 14.8 Å². The van der Waals surface area contributed by atoms with Crippen molar-refractivity contribution in [3.63, 3.8) is 0 Å². The van der Waals surface area contributed by atoms with E-state index in [1.165, 1.54) is 0 Å². The van der Waals surface area contributed by atoms with Crippen LogP contribution in [0.5, 0.6) is 17.2 Å². The summed E-state index contributed by atoms with van der Waals surface area (Å²) in [6.45, 7) is 0.408. The summed E-state index contributed by atoms with van der Waals surface area (Å²) in [6, 6.07) is 12.1. The molecule has 0 atom stereocenters. The predicted octanol–water partition coefficient (Wildman–Crippen LogP) is 3.17. The van der Waals surface area contributed by atoms with Gasteiger partial charge in [0.05, 0.1) is 5.52 Å². The fourth-order valence-corrected chi connectivity index (χ4v) is 2.35. The third-order valence-electron chi connectivity index (χ3n) is 3.29. The van der Waals surface area contributed by atoms with Gasteiger partial charge in [-0.1, -0.05) is 12.1 Å². The largest absolute Gasteiger partial charge is 0.508 e. The number of aromatic nitrogens is 1. The molecule has 1 heterocycles. The number of hydrogen-bond donors (Lipinski definition) is 2. The van der Waals surface area contributed by atoms with Gasteiger partial charge in [0.15, 0.2) is 0 Å². The second-order valence-corrected chi connectivity index (χ2v) is 4.72. The van der Waals surface area contributed by atoms with E-state index in [9.17, 15) is 10.2 Å². The molecule has 0 fully saturated rings. The Labute approximate surface area is 116 Å². The summed E-state index contributed by atoms with van der Waals surface area (Å²) in [5.74, 6) is 1.17. The second-order valence-electron chi connectivity index (χ2n) is 4.72. The molecule has 0 radical (unpaired) electrons. The Kier molecular flexibility index (Phi) is 2.99. The van der Waals surface area contributed by atoms with Gasteiger partial charge in [0.25, 0.3) is 0 Å². The van der Waals surface area contributed by atoms with Gasteiger partial charge in [-0.15, -0.1) is 0 Å². The van der Waals surface area contributed by atoms with Gasteiger partial charge in [0, 0.05) is 24.2 Å². The van der Waals surface area contributed by atoms with Gasteiger partial charge in [-0.3, -0.25) is 0 Å². The minimum absolute atomic E-state index is 0.215. The van der Waals surface area contributed by atoms with Gasteiger partial charge in [-0.25, -0.2) is 0 Å². The predicted molar refractivity (Wildman–Crippen MR) is 77.0 cm³/mol. The fourth-order valence-electron chi connectivity index (χ4n) is 2.35. The van der Waals surface area contributed by atoms with Crippen molar-refractivity contribution in [1.29, 1.82) is 0 Å². The molecular formula is C16H15NO3. The van der Waals surface area contributed by atoms with Crippen molar-refractivity contribution < 1.29 is 14.9 Å². The zero-order valence-corrected chi connectivity index (χ0v) is 11.1. The molecule has 0 spiro atoms. The van der Waals surface area contributed by atoms with Crippen molar-refractivity contribution in [2.45, 2.75) is 6.61 Å². The molecule has 0 unspecified atom stereocenters. The lowest BCUT2D eigenvalue weighted by Gasteiger charge is -2.05. The van der Waals surface area contributed by atoms with E-state index >= 15 is 0 Å². The molecule has 0 aliphatic carbocycles. The van der Waals surface area contributed by atoms with Gasteiger partial charge in [0.1, 0.15) is 23.9 Å². The highest BCUT2D eigenvalue weighted by Gasteiger charge is 2.10. The third-order valence-corrected chi connectivity index (χ3v) is 3.29.